The molecule has 0 radical (unpaired) electrons. The molecule has 0 saturated carbocycles. The Kier molecular flexibility index (Phi) is 4.74. The van der Waals surface area contributed by atoms with Crippen LogP contribution in [0.2, 0.25) is 0 Å². The maximum atomic E-state index is 12.2. The Morgan fingerprint density at radius 3 is 2.65 bits per heavy atom. The van der Waals surface area contributed by atoms with Crippen LogP contribution in [-0.2, 0) is 20.7 Å². The standard InChI is InChI=1S/C15H19NO4/c1-2-13-12(7-8-20-13)15(19)16-11-5-3-10(4-6-11)9-14(17)18/h3-6,12-13H,2,7-9H2,1H3,(H,16,19)(H,17,18). The molecule has 0 aromatic heterocycles. The monoisotopic (exact) mass is 277 g/mol. The summed E-state index contributed by atoms with van der Waals surface area (Å²) >= 11 is 0. The largest absolute Gasteiger partial charge is 0.481 e. The SMILES string of the molecule is CCC1OCCC1C(=O)Nc1ccc(CC(=O)O)cc1. The molecule has 5 nitrogen and oxygen atoms in total. The van der Waals surface area contributed by atoms with Gasteiger partial charge in [0.25, 0.3) is 0 Å². The highest BCUT2D eigenvalue weighted by atomic mass is 16.5. The average Bonchev–Trinajstić information content (AvgIpc) is 2.89. The lowest BCUT2D eigenvalue weighted by molar-refractivity contribution is -0.136. The van der Waals surface area contributed by atoms with Crippen LogP contribution in [0.4, 0.5) is 5.69 Å². The summed E-state index contributed by atoms with van der Waals surface area (Å²) in [7, 11) is 0. The highest BCUT2D eigenvalue weighted by Crippen LogP contribution is 2.25. The second-order valence-electron chi connectivity index (χ2n) is 4.97. The van der Waals surface area contributed by atoms with Gasteiger partial charge < -0.3 is 15.2 Å². The number of nitrogens with one attached hydrogen (secondary N) is 1. The van der Waals surface area contributed by atoms with Crippen molar-refractivity contribution in [2.45, 2.75) is 32.3 Å². The summed E-state index contributed by atoms with van der Waals surface area (Å²) in [5.74, 6) is -0.991. The summed E-state index contributed by atoms with van der Waals surface area (Å²) in [6.45, 7) is 2.64. The van der Waals surface area contributed by atoms with Crippen LogP contribution < -0.4 is 5.32 Å². The molecule has 2 unspecified atom stereocenters. The Balaban J connectivity index is 1.95. The Morgan fingerprint density at radius 1 is 1.35 bits per heavy atom. The summed E-state index contributed by atoms with van der Waals surface area (Å²) in [5, 5.41) is 11.6. The van der Waals surface area contributed by atoms with Gasteiger partial charge in [0, 0.05) is 12.3 Å². The zero-order valence-corrected chi connectivity index (χ0v) is 11.5. The third-order valence-corrected chi connectivity index (χ3v) is 3.53. The molecule has 0 aliphatic carbocycles. The van der Waals surface area contributed by atoms with E-state index in [4.69, 9.17) is 9.84 Å². The molecule has 2 N–H and O–H groups in total. The third kappa shape index (κ3) is 3.57. The molecule has 1 aliphatic heterocycles. The van der Waals surface area contributed by atoms with Crippen LogP contribution in [0, 0.1) is 5.92 Å². The Labute approximate surface area is 117 Å². The molecule has 108 valence electrons. The molecule has 5 heteroatoms. The lowest BCUT2D eigenvalue weighted by Gasteiger charge is -2.16. The third-order valence-electron chi connectivity index (χ3n) is 3.53. The molecule has 1 aromatic rings. The Bertz CT molecular complexity index is 483. The normalized spacial score (nSPS) is 21.6. The van der Waals surface area contributed by atoms with Crippen LogP contribution in [0.3, 0.4) is 0 Å². The molecule has 1 heterocycles. The van der Waals surface area contributed by atoms with E-state index >= 15 is 0 Å². The number of carbonyl (C=O) groups excluding carboxylic acids is 1. The van der Waals surface area contributed by atoms with Gasteiger partial charge in [0.05, 0.1) is 18.4 Å². The molecule has 1 amide bonds. The first-order valence-corrected chi connectivity index (χ1v) is 6.83. The first-order chi connectivity index (χ1) is 9.60. The molecule has 2 atom stereocenters. The maximum Gasteiger partial charge on any atom is 0.307 e. The van der Waals surface area contributed by atoms with Gasteiger partial charge in [-0.25, -0.2) is 0 Å². The molecular weight excluding hydrogens is 258 g/mol. The van der Waals surface area contributed by atoms with Gasteiger partial charge in [-0.3, -0.25) is 9.59 Å². The molecule has 1 fully saturated rings. The number of hydrogen-bond acceptors (Lipinski definition) is 3. The average molecular weight is 277 g/mol. The van der Waals surface area contributed by atoms with E-state index in [-0.39, 0.29) is 24.3 Å². The molecular formula is C15H19NO4. The minimum Gasteiger partial charge on any atom is -0.481 e. The van der Waals surface area contributed by atoms with Gasteiger partial charge in [0.1, 0.15) is 0 Å². The van der Waals surface area contributed by atoms with Crippen LogP contribution >= 0.6 is 0 Å². The van der Waals surface area contributed by atoms with Crippen LogP contribution in [0.15, 0.2) is 24.3 Å². The number of ether oxygens (including phenoxy) is 1. The minimum absolute atomic E-state index is 0.00119. The van der Waals surface area contributed by atoms with Crippen molar-refractivity contribution in [3.63, 3.8) is 0 Å². The number of amides is 1. The molecule has 1 aromatic carbocycles. The van der Waals surface area contributed by atoms with Crippen molar-refractivity contribution in [1.29, 1.82) is 0 Å². The van der Waals surface area contributed by atoms with Gasteiger partial charge in [0.2, 0.25) is 5.91 Å². The molecule has 0 bridgehead atoms. The van der Waals surface area contributed by atoms with Crippen LogP contribution in [0.25, 0.3) is 0 Å². The number of carboxylic acids is 1. The fraction of sp³-hybridized carbons (Fsp3) is 0.467. The second kappa shape index (κ2) is 6.52. The smallest absolute Gasteiger partial charge is 0.307 e. The summed E-state index contributed by atoms with van der Waals surface area (Å²) in [5.41, 5.74) is 1.40. The Hall–Kier alpha value is -1.88. The number of rotatable bonds is 5. The van der Waals surface area contributed by atoms with E-state index in [2.05, 4.69) is 5.32 Å². The first-order valence-electron chi connectivity index (χ1n) is 6.83. The number of carbonyl (C=O) groups is 2. The van der Waals surface area contributed by atoms with E-state index in [1.165, 1.54) is 0 Å². The quantitative estimate of drug-likeness (QED) is 0.864. The van der Waals surface area contributed by atoms with Gasteiger partial charge in [-0.15, -0.1) is 0 Å². The number of benzene rings is 1. The first kappa shape index (κ1) is 14.5. The van der Waals surface area contributed by atoms with E-state index in [0.717, 1.165) is 12.8 Å². The molecule has 1 aliphatic rings. The van der Waals surface area contributed by atoms with Crippen molar-refractivity contribution in [3.8, 4) is 0 Å². The van der Waals surface area contributed by atoms with E-state index in [1.54, 1.807) is 24.3 Å². The lowest BCUT2D eigenvalue weighted by Crippen LogP contribution is -2.29. The summed E-state index contributed by atoms with van der Waals surface area (Å²) in [6, 6.07) is 6.89. The zero-order chi connectivity index (χ0) is 14.5. The van der Waals surface area contributed by atoms with Crippen LogP contribution in [-0.4, -0.2) is 29.7 Å². The summed E-state index contributed by atoms with van der Waals surface area (Å²) < 4.78 is 5.51. The van der Waals surface area contributed by atoms with E-state index < -0.39 is 5.97 Å². The van der Waals surface area contributed by atoms with Gasteiger partial charge in [-0.2, -0.15) is 0 Å². The van der Waals surface area contributed by atoms with Crippen molar-refractivity contribution in [2.75, 3.05) is 11.9 Å². The Morgan fingerprint density at radius 2 is 2.05 bits per heavy atom. The van der Waals surface area contributed by atoms with E-state index in [9.17, 15) is 9.59 Å². The van der Waals surface area contributed by atoms with Crippen molar-refractivity contribution >= 4 is 17.6 Å². The molecule has 20 heavy (non-hydrogen) atoms. The minimum atomic E-state index is -0.865. The van der Waals surface area contributed by atoms with Crippen LogP contribution in [0.1, 0.15) is 25.3 Å². The van der Waals surface area contributed by atoms with E-state index in [1.807, 2.05) is 6.92 Å². The second-order valence-corrected chi connectivity index (χ2v) is 4.97. The predicted octanol–water partition coefficient (Wildman–Crippen LogP) is 2.07. The maximum absolute atomic E-state index is 12.2. The fourth-order valence-corrected chi connectivity index (χ4v) is 2.47. The zero-order valence-electron chi connectivity index (χ0n) is 11.5. The van der Waals surface area contributed by atoms with Crippen molar-refractivity contribution in [1.82, 2.24) is 0 Å². The van der Waals surface area contributed by atoms with Gasteiger partial charge in [-0.05, 0) is 30.5 Å². The molecule has 1 saturated heterocycles. The van der Waals surface area contributed by atoms with Crippen molar-refractivity contribution in [3.05, 3.63) is 29.8 Å². The highest BCUT2D eigenvalue weighted by Gasteiger charge is 2.32. The lowest BCUT2D eigenvalue weighted by atomic mass is 9.98. The summed E-state index contributed by atoms with van der Waals surface area (Å²) in [4.78, 5) is 22.8. The number of hydrogen-bond donors (Lipinski definition) is 2. The highest BCUT2D eigenvalue weighted by molar-refractivity contribution is 5.93. The number of anilines is 1. The van der Waals surface area contributed by atoms with Crippen molar-refractivity contribution < 1.29 is 19.4 Å². The van der Waals surface area contributed by atoms with Crippen molar-refractivity contribution in [2.24, 2.45) is 5.92 Å². The molecule has 2 rings (SSSR count). The number of carboxylic acid groups (broad SMARTS) is 1. The van der Waals surface area contributed by atoms with Gasteiger partial charge >= 0.3 is 5.97 Å². The van der Waals surface area contributed by atoms with Gasteiger partial charge in [-0.1, -0.05) is 19.1 Å². The van der Waals surface area contributed by atoms with Gasteiger partial charge in [0.15, 0.2) is 0 Å². The predicted molar refractivity (Wildman–Crippen MR) is 74.5 cm³/mol. The van der Waals surface area contributed by atoms with E-state index in [0.29, 0.717) is 17.9 Å². The molecule has 0 spiro atoms. The topological polar surface area (TPSA) is 75.6 Å². The summed E-state index contributed by atoms with van der Waals surface area (Å²) in [6.07, 6.45) is 1.57. The number of aliphatic carboxylic acids is 1. The van der Waals surface area contributed by atoms with Crippen LogP contribution in [0.5, 0.6) is 0 Å². The fourth-order valence-electron chi connectivity index (χ4n) is 2.47.